The normalized spacial score (nSPS) is 19.4. The highest BCUT2D eigenvalue weighted by molar-refractivity contribution is 7.14. The number of aliphatic hydroxyl groups excluding tert-OH is 1. The van der Waals surface area contributed by atoms with Crippen molar-refractivity contribution in [2.45, 2.75) is 91.0 Å². The predicted molar refractivity (Wildman–Crippen MR) is 213 cm³/mol. The summed E-state index contributed by atoms with van der Waals surface area (Å²) in [6.45, 7) is 10.9. The second-order valence-corrected chi connectivity index (χ2v) is 16.5. The molecule has 10 nitrogen and oxygen atoms in total. The van der Waals surface area contributed by atoms with Crippen LogP contribution < -0.4 is 20.7 Å². The molecule has 12 heteroatoms. The Labute approximate surface area is 325 Å². The lowest BCUT2D eigenvalue weighted by Gasteiger charge is -2.30. The molecule has 4 heterocycles. The molecule has 4 N–H and O–H groups in total. The van der Waals surface area contributed by atoms with Crippen molar-refractivity contribution in [3.05, 3.63) is 122 Å². The summed E-state index contributed by atoms with van der Waals surface area (Å²) >= 11 is 8.04. The molecule has 2 aliphatic heterocycles. The smallest absolute Gasteiger partial charge is 0.243 e. The standard InChI is InChI=1S/C42H47ClN6O4S/c1-23(2)39-41(52)45-33(21-50)16-30-12-15-34(19-36(30)46-39)53-22-28-8-6-27(7-9-28)20-44-37(51)18-31-17-35(29-10-13-32(43)14-11-29)38-24(3)25(4)54-42(38)49-26(5)47-48-40(31)49/h6-15,19,23,31,33,35,39,46,50H,16-18,20-22H2,1-5H3,(H,44,51)(H,45,52)/t31-,33-,35?,39?/m0/s1. The third-order valence-corrected chi connectivity index (χ3v) is 12.2. The fourth-order valence-electron chi connectivity index (χ4n) is 7.57. The quantitative estimate of drug-likeness (QED) is 0.118. The molecule has 2 aliphatic rings. The molecule has 3 aromatic carbocycles. The minimum Gasteiger partial charge on any atom is -0.489 e. The van der Waals surface area contributed by atoms with Gasteiger partial charge < -0.3 is 25.8 Å². The highest BCUT2D eigenvalue weighted by Crippen LogP contribution is 2.48. The van der Waals surface area contributed by atoms with Crippen molar-refractivity contribution >= 4 is 40.4 Å². The molecule has 0 aliphatic carbocycles. The maximum atomic E-state index is 13.6. The largest absolute Gasteiger partial charge is 0.489 e. The van der Waals surface area contributed by atoms with Gasteiger partial charge in [0.15, 0.2) is 0 Å². The SMILES string of the molecule is Cc1sc2c(c1C)C(c1ccc(Cl)cc1)C[C@@H](CC(=O)NCc1ccc(COc3ccc4c(c3)NC(C(C)C)C(=O)N[C@H](CO)C4)cc1)c1nnc(C)n1-2. The number of fused-ring (bicyclic) bond motifs is 4. The van der Waals surface area contributed by atoms with E-state index in [1.54, 1.807) is 11.3 Å². The summed E-state index contributed by atoms with van der Waals surface area (Å²) in [5.74, 6) is 2.17. The number of halogens is 1. The number of hydrogen-bond acceptors (Lipinski definition) is 8. The van der Waals surface area contributed by atoms with Gasteiger partial charge in [0.1, 0.15) is 35.0 Å². The van der Waals surface area contributed by atoms with Gasteiger partial charge >= 0.3 is 0 Å². The fourth-order valence-corrected chi connectivity index (χ4v) is 8.97. The van der Waals surface area contributed by atoms with Crippen molar-refractivity contribution in [1.82, 2.24) is 25.4 Å². The molecule has 0 saturated carbocycles. The Bertz CT molecular complexity index is 2140. The van der Waals surface area contributed by atoms with Crippen molar-refractivity contribution < 1.29 is 19.4 Å². The number of carbonyl (C=O) groups excluding carboxylic acids is 2. The van der Waals surface area contributed by atoms with Crippen LogP contribution in [0.3, 0.4) is 0 Å². The zero-order valence-electron chi connectivity index (χ0n) is 31.3. The van der Waals surface area contributed by atoms with Crippen molar-refractivity contribution in [2.75, 3.05) is 11.9 Å². The lowest BCUT2D eigenvalue weighted by molar-refractivity contribution is -0.124. The van der Waals surface area contributed by atoms with Gasteiger partial charge in [-0.2, -0.15) is 0 Å². The van der Waals surface area contributed by atoms with Crippen LogP contribution >= 0.6 is 22.9 Å². The first-order valence-electron chi connectivity index (χ1n) is 18.5. The monoisotopic (exact) mass is 766 g/mol. The first-order chi connectivity index (χ1) is 26.0. The van der Waals surface area contributed by atoms with Gasteiger partial charge in [-0.1, -0.05) is 67.9 Å². The number of anilines is 1. The number of amides is 2. The zero-order valence-corrected chi connectivity index (χ0v) is 32.9. The van der Waals surface area contributed by atoms with E-state index in [-0.39, 0.29) is 42.2 Å². The Kier molecular flexibility index (Phi) is 11.1. The molecular weight excluding hydrogens is 720 g/mol. The van der Waals surface area contributed by atoms with Crippen LogP contribution in [-0.4, -0.2) is 50.4 Å². The number of aliphatic hydroxyl groups is 1. The van der Waals surface area contributed by atoms with Gasteiger partial charge in [0.05, 0.1) is 12.6 Å². The molecule has 2 amide bonds. The molecule has 7 rings (SSSR count). The zero-order chi connectivity index (χ0) is 38.1. The van der Waals surface area contributed by atoms with E-state index in [9.17, 15) is 14.7 Å². The lowest BCUT2D eigenvalue weighted by atomic mass is 9.82. The summed E-state index contributed by atoms with van der Waals surface area (Å²) in [6.07, 6.45) is 1.54. The minimum atomic E-state index is -0.424. The Morgan fingerprint density at radius 2 is 1.78 bits per heavy atom. The molecule has 0 radical (unpaired) electrons. The van der Waals surface area contributed by atoms with Gasteiger partial charge in [-0.05, 0) is 91.1 Å². The number of nitrogens with zero attached hydrogens (tertiary/aromatic N) is 3. The number of benzene rings is 3. The van der Waals surface area contributed by atoms with Crippen LogP contribution in [0, 0.1) is 26.7 Å². The molecule has 5 aromatic rings. The summed E-state index contributed by atoms with van der Waals surface area (Å²) in [5, 5.41) is 30.2. The van der Waals surface area contributed by atoms with E-state index in [4.69, 9.17) is 16.3 Å². The Morgan fingerprint density at radius 3 is 2.50 bits per heavy atom. The van der Waals surface area contributed by atoms with Crippen LogP contribution in [0.5, 0.6) is 5.75 Å². The summed E-state index contributed by atoms with van der Waals surface area (Å²) < 4.78 is 8.33. The van der Waals surface area contributed by atoms with Crippen LogP contribution in [0.25, 0.3) is 5.00 Å². The topological polar surface area (TPSA) is 130 Å². The number of aryl methyl sites for hydroxylation is 2. The van der Waals surface area contributed by atoms with Crippen LogP contribution in [0.15, 0.2) is 66.7 Å². The van der Waals surface area contributed by atoms with Crippen molar-refractivity contribution in [2.24, 2.45) is 5.92 Å². The summed E-state index contributed by atoms with van der Waals surface area (Å²) in [6, 6.07) is 21.2. The summed E-state index contributed by atoms with van der Waals surface area (Å²) in [4.78, 5) is 27.6. The van der Waals surface area contributed by atoms with Crippen LogP contribution in [0.4, 0.5) is 5.69 Å². The second-order valence-electron chi connectivity index (χ2n) is 14.8. The van der Waals surface area contributed by atoms with E-state index < -0.39 is 6.04 Å². The molecule has 2 unspecified atom stereocenters. The number of hydrogen-bond donors (Lipinski definition) is 4. The first kappa shape index (κ1) is 37.6. The van der Waals surface area contributed by atoms with Crippen molar-refractivity contribution in [1.29, 1.82) is 0 Å². The Balaban J connectivity index is 0.996. The molecule has 0 spiro atoms. The Morgan fingerprint density at radius 1 is 1.04 bits per heavy atom. The average molecular weight is 767 g/mol. The second kappa shape index (κ2) is 15.9. The van der Waals surface area contributed by atoms with E-state index >= 15 is 0 Å². The summed E-state index contributed by atoms with van der Waals surface area (Å²) in [5.41, 5.74) is 7.54. The van der Waals surface area contributed by atoms with Gasteiger partial charge in [-0.3, -0.25) is 14.2 Å². The predicted octanol–water partition coefficient (Wildman–Crippen LogP) is 7.28. The van der Waals surface area contributed by atoms with Crippen LogP contribution in [-0.2, 0) is 29.2 Å². The molecule has 0 fully saturated rings. The lowest BCUT2D eigenvalue weighted by Crippen LogP contribution is -2.50. The van der Waals surface area contributed by atoms with Gasteiger partial charge in [-0.15, -0.1) is 21.5 Å². The molecule has 4 atom stereocenters. The van der Waals surface area contributed by atoms with E-state index in [0.717, 1.165) is 45.4 Å². The maximum Gasteiger partial charge on any atom is 0.243 e. The minimum absolute atomic E-state index is 0.0392. The molecule has 282 valence electrons. The van der Waals surface area contributed by atoms with Gasteiger partial charge in [0.2, 0.25) is 11.8 Å². The van der Waals surface area contributed by atoms with Crippen molar-refractivity contribution in [3.8, 4) is 10.8 Å². The van der Waals surface area contributed by atoms with Gasteiger partial charge in [-0.25, -0.2) is 0 Å². The van der Waals surface area contributed by atoms with Gasteiger partial charge in [0, 0.05) is 46.5 Å². The third-order valence-electron chi connectivity index (χ3n) is 10.7. The molecule has 2 aromatic heterocycles. The van der Waals surface area contributed by atoms with E-state index in [1.807, 2.05) is 75.4 Å². The highest BCUT2D eigenvalue weighted by atomic mass is 35.5. The van der Waals surface area contributed by atoms with E-state index in [2.05, 4.69) is 56.7 Å². The highest BCUT2D eigenvalue weighted by Gasteiger charge is 2.36. The average Bonchev–Trinajstić information content (AvgIpc) is 3.63. The van der Waals surface area contributed by atoms with E-state index in [1.165, 1.54) is 21.6 Å². The molecular formula is C42H47ClN6O4S. The van der Waals surface area contributed by atoms with E-state index in [0.29, 0.717) is 36.8 Å². The summed E-state index contributed by atoms with van der Waals surface area (Å²) in [7, 11) is 0. The number of aromatic nitrogens is 3. The number of thiophene rings is 1. The third kappa shape index (κ3) is 7.90. The Hall–Kier alpha value is -4.71. The number of ether oxygens (including phenoxy) is 1. The molecule has 54 heavy (non-hydrogen) atoms. The number of rotatable bonds is 10. The first-order valence-corrected chi connectivity index (χ1v) is 19.7. The fraction of sp³-hybridized carbons (Fsp3) is 0.381. The molecule has 0 bridgehead atoms. The maximum absolute atomic E-state index is 13.6. The van der Waals surface area contributed by atoms with Gasteiger partial charge in [0.25, 0.3) is 0 Å². The van der Waals surface area contributed by atoms with Crippen LogP contribution in [0.1, 0.15) is 88.4 Å². The van der Waals surface area contributed by atoms with Crippen LogP contribution in [0.2, 0.25) is 5.02 Å². The van der Waals surface area contributed by atoms with Crippen molar-refractivity contribution in [3.63, 3.8) is 0 Å². The number of nitrogens with one attached hydrogen (secondary N) is 3. The molecule has 0 saturated heterocycles. The number of carbonyl (C=O) groups is 2.